The van der Waals surface area contributed by atoms with Gasteiger partial charge in [0.1, 0.15) is 0 Å². The van der Waals surface area contributed by atoms with Crippen LogP contribution in [0.25, 0.3) is 0 Å². The number of thioether (sulfide) groups is 1. The zero-order valence-corrected chi connectivity index (χ0v) is 16.7. The van der Waals surface area contributed by atoms with E-state index >= 15 is 0 Å². The number of hydrogen-bond acceptors (Lipinski definition) is 3. The average molecular weight is 376 g/mol. The Hall–Kier alpha value is -1.30. The Labute approximate surface area is 155 Å². The molecule has 0 radical (unpaired) electrons. The number of aryl methyl sites for hydroxylation is 3. The van der Waals surface area contributed by atoms with Crippen molar-refractivity contribution in [2.75, 3.05) is 18.8 Å². The quantitative estimate of drug-likeness (QED) is 0.794. The van der Waals surface area contributed by atoms with Gasteiger partial charge in [-0.2, -0.15) is 16.1 Å². The second-order valence-corrected chi connectivity index (χ2v) is 9.88. The molecule has 0 saturated carbocycles. The molecule has 1 saturated heterocycles. The van der Waals surface area contributed by atoms with Crippen molar-refractivity contribution in [3.8, 4) is 0 Å². The highest BCUT2D eigenvalue weighted by Crippen LogP contribution is 2.36. The Bertz CT molecular complexity index is 824. The molecule has 0 aromatic heterocycles. The van der Waals surface area contributed by atoms with Crippen LogP contribution in [0.1, 0.15) is 33.9 Å². The van der Waals surface area contributed by atoms with Crippen molar-refractivity contribution in [1.29, 1.82) is 0 Å². The smallest absolute Gasteiger partial charge is 0.207 e. The van der Waals surface area contributed by atoms with E-state index in [9.17, 15) is 8.42 Å². The van der Waals surface area contributed by atoms with Crippen LogP contribution in [0.5, 0.6) is 0 Å². The SMILES string of the molecule is Cc1cc(C)c(S(=O)(=O)N2CCSC(c3ccccc3)CC2)c(C)c1. The second kappa shape index (κ2) is 7.52. The summed E-state index contributed by atoms with van der Waals surface area (Å²) in [5, 5.41) is 0.363. The zero-order valence-electron chi connectivity index (χ0n) is 15.0. The van der Waals surface area contributed by atoms with Gasteiger partial charge in [0.2, 0.25) is 10.0 Å². The van der Waals surface area contributed by atoms with Crippen LogP contribution in [0.3, 0.4) is 0 Å². The summed E-state index contributed by atoms with van der Waals surface area (Å²) in [6, 6.07) is 14.3. The molecule has 2 aromatic rings. The number of benzene rings is 2. The van der Waals surface area contributed by atoms with Crippen LogP contribution < -0.4 is 0 Å². The fraction of sp³-hybridized carbons (Fsp3) is 0.400. The Morgan fingerprint density at radius 2 is 1.64 bits per heavy atom. The highest BCUT2D eigenvalue weighted by atomic mass is 32.2. The Morgan fingerprint density at radius 3 is 2.28 bits per heavy atom. The van der Waals surface area contributed by atoms with Crippen LogP contribution in [-0.4, -0.2) is 31.6 Å². The number of nitrogens with zero attached hydrogens (tertiary/aromatic N) is 1. The lowest BCUT2D eigenvalue weighted by Crippen LogP contribution is -2.34. The summed E-state index contributed by atoms with van der Waals surface area (Å²) >= 11 is 1.86. The molecule has 5 heteroatoms. The predicted molar refractivity (Wildman–Crippen MR) is 106 cm³/mol. The molecule has 3 rings (SSSR count). The van der Waals surface area contributed by atoms with Crippen molar-refractivity contribution in [3.63, 3.8) is 0 Å². The third kappa shape index (κ3) is 3.94. The van der Waals surface area contributed by atoms with Crippen molar-refractivity contribution in [2.24, 2.45) is 0 Å². The van der Waals surface area contributed by atoms with E-state index < -0.39 is 10.0 Å². The van der Waals surface area contributed by atoms with Gasteiger partial charge in [0, 0.05) is 24.1 Å². The number of sulfonamides is 1. The molecule has 25 heavy (non-hydrogen) atoms. The van der Waals surface area contributed by atoms with Crippen LogP contribution in [0.4, 0.5) is 0 Å². The summed E-state index contributed by atoms with van der Waals surface area (Å²) in [5.41, 5.74) is 4.07. The highest BCUT2D eigenvalue weighted by molar-refractivity contribution is 7.99. The molecule has 1 heterocycles. The molecular weight excluding hydrogens is 350 g/mol. The lowest BCUT2D eigenvalue weighted by molar-refractivity contribution is 0.427. The second-order valence-electron chi connectivity index (χ2n) is 6.69. The minimum Gasteiger partial charge on any atom is -0.207 e. The monoisotopic (exact) mass is 375 g/mol. The van der Waals surface area contributed by atoms with Gasteiger partial charge in [-0.05, 0) is 43.9 Å². The van der Waals surface area contributed by atoms with Crippen LogP contribution in [-0.2, 0) is 10.0 Å². The van der Waals surface area contributed by atoms with E-state index in [-0.39, 0.29) is 0 Å². The first-order valence-electron chi connectivity index (χ1n) is 8.64. The van der Waals surface area contributed by atoms with Crippen molar-refractivity contribution in [2.45, 2.75) is 37.3 Å². The van der Waals surface area contributed by atoms with Gasteiger partial charge in [-0.25, -0.2) is 8.42 Å². The summed E-state index contributed by atoms with van der Waals surface area (Å²) in [5.74, 6) is 0.822. The normalized spacial score (nSPS) is 19.6. The predicted octanol–water partition coefficient (Wildman–Crippen LogP) is 4.48. The maximum atomic E-state index is 13.3. The average Bonchev–Trinajstić information content (AvgIpc) is 2.81. The summed E-state index contributed by atoms with van der Waals surface area (Å²) in [6.07, 6.45) is 0.845. The van der Waals surface area contributed by atoms with Gasteiger partial charge in [-0.3, -0.25) is 0 Å². The van der Waals surface area contributed by atoms with Crippen molar-refractivity contribution in [1.82, 2.24) is 4.31 Å². The van der Waals surface area contributed by atoms with Gasteiger partial charge in [0.15, 0.2) is 0 Å². The largest absolute Gasteiger partial charge is 0.243 e. The molecule has 3 nitrogen and oxygen atoms in total. The minimum atomic E-state index is -3.45. The molecular formula is C20H25NO2S2. The van der Waals surface area contributed by atoms with Gasteiger partial charge >= 0.3 is 0 Å². The molecule has 0 spiro atoms. The molecule has 0 bridgehead atoms. The molecule has 134 valence electrons. The molecule has 0 amide bonds. The maximum absolute atomic E-state index is 13.3. The fourth-order valence-electron chi connectivity index (χ4n) is 3.63. The summed E-state index contributed by atoms with van der Waals surface area (Å²) in [7, 11) is -3.45. The van der Waals surface area contributed by atoms with E-state index in [1.807, 2.05) is 62.9 Å². The minimum absolute atomic E-state index is 0.363. The van der Waals surface area contributed by atoms with Crippen LogP contribution >= 0.6 is 11.8 Å². The Balaban J connectivity index is 1.85. The van der Waals surface area contributed by atoms with E-state index in [2.05, 4.69) is 12.1 Å². The van der Waals surface area contributed by atoms with E-state index in [0.717, 1.165) is 28.9 Å². The lowest BCUT2D eigenvalue weighted by atomic mass is 10.1. The molecule has 1 aliphatic rings. The number of hydrogen-bond donors (Lipinski definition) is 0. The first-order valence-corrected chi connectivity index (χ1v) is 11.1. The molecule has 0 N–H and O–H groups in total. The Kier molecular flexibility index (Phi) is 5.56. The van der Waals surface area contributed by atoms with E-state index in [4.69, 9.17) is 0 Å². The maximum Gasteiger partial charge on any atom is 0.243 e. The summed E-state index contributed by atoms with van der Waals surface area (Å²) in [6.45, 7) is 6.94. The number of rotatable bonds is 3. The van der Waals surface area contributed by atoms with Gasteiger partial charge in [0.05, 0.1) is 4.90 Å². The van der Waals surface area contributed by atoms with Crippen LogP contribution in [0.15, 0.2) is 47.4 Å². The fourth-order valence-corrected chi connectivity index (χ4v) is 6.84. The first-order chi connectivity index (χ1) is 11.9. The lowest BCUT2D eigenvalue weighted by Gasteiger charge is -2.22. The molecule has 1 unspecified atom stereocenters. The standard InChI is InChI=1S/C20H25NO2S2/c1-15-13-16(2)20(17(3)14-15)25(22,23)21-10-9-19(24-12-11-21)18-7-5-4-6-8-18/h4-8,13-14,19H,9-12H2,1-3H3. The summed E-state index contributed by atoms with van der Waals surface area (Å²) < 4.78 is 28.2. The van der Waals surface area contributed by atoms with Gasteiger partial charge < -0.3 is 0 Å². The van der Waals surface area contributed by atoms with E-state index in [1.165, 1.54) is 5.56 Å². The van der Waals surface area contributed by atoms with Crippen molar-refractivity contribution in [3.05, 3.63) is 64.7 Å². The van der Waals surface area contributed by atoms with Crippen molar-refractivity contribution < 1.29 is 8.42 Å². The molecule has 2 aromatic carbocycles. The zero-order chi connectivity index (χ0) is 18.0. The third-order valence-corrected chi connectivity index (χ3v) is 8.21. The molecule has 0 aliphatic carbocycles. The van der Waals surface area contributed by atoms with Crippen LogP contribution in [0, 0.1) is 20.8 Å². The van der Waals surface area contributed by atoms with Crippen LogP contribution in [0.2, 0.25) is 0 Å². The topological polar surface area (TPSA) is 37.4 Å². The summed E-state index contributed by atoms with van der Waals surface area (Å²) in [4.78, 5) is 0.487. The Morgan fingerprint density at radius 1 is 1.00 bits per heavy atom. The van der Waals surface area contributed by atoms with Gasteiger partial charge in [-0.15, -0.1) is 0 Å². The third-order valence-electron chi connectivity index (χ3n) is 4.67. The molecule has 1 fully saturated rings. The van der Waals surface area contributed by atoms with E-state index in [0.29, 0.717) is 23.2 Å². The molecule has 1 atom stereocenters. The first kappa shape index (κ1) is 18.5. The highest BCUT2D eigenvalue weighted by Gasteiger charge is 2.30. The van der Waals surface area contributed by atoms with Crippen molar-refractivity contribution >= 4 is 21.8 Å². The molecule has 1 aliphatic heterocycles. The van der Waals surface area contributed by atoms with Gasteiger partial charge in [0.25, 0.3) is 0 Å². The van der Waals surface area contributed by atoms with Gasteiger partial charge in [-0.1, -0.05) is 48.0 Å². The van der Waals surface area contributed by atoms with E-state index in [1.54, 1.807) is 4.31 Å².